The van der Waals surface area contributed by atoms with Gasteiger partial charge in [-0.25, -0.2) is 4.79 Å². The number of ketones is 1. The van der Waals surface area contributed by atoms with Crippen molar-refractivity contribution in [3.63, 3.8) is 0 Å². The molecule has 0 spiro atoms. The molecule has 0 bridgehead atoms. The first kappa shape index (κ1) is 19.9. The van der Waals surface area contributed by atoms with Gasteiger partial charge in [-0.1, -0.05) is 30.3 Å². The van der Waals surface area contributed by atoms with Crippen LogP contribution in [0, 0.1) is 0 Å². The largest absolute Gasteiger partial charge is 0.457 e. The second-order valence-electron chi connectivity index (χ2n) is 8.63. The molecule has 6 nitrogen and oxygen atoms in total. The van der Waals surface area contributed by atoms with Crippen molar-refractivity contribution in [3.8, 4) is 0 Å². The van der Waals surface area contributed by atoms with E-state index in [0.29, 0.717) is 25.0 Å². The highest BCUT2D eigenvalue weighted by molar-refractivity contribution is 6.00. The molecule has 0 N–H and O–H groups in total. The Morgan fingerprint density at radius 1 is 0.871 bits per heavy atom. The Balaban J connectivity index is 1.10. The lowest BCUT2D eigenvalue weighted by molar-refractivity contribution is -0.132. The number of Topliss-reactive ketones (excluding diaryl/α,β-unsaturated/α-hetero) is 1. The summed E-state index contributed by atoms with van der Waals surface area (Å²) < 4.78 is 5.07. The minimum Gasteiger partial charge on any atom is -0.457 e. The highest BCUT2D eigenvalue weighted by Crippen LogP contribution is 2.24. The van der Waals surface area contributed by atoms with Gasteiger partial charge in [0.25, 0.3) is 0 Å². The molecule has 1 saturated heterocycles. The Labute approximate surface area is 181 Å². The molecule has 1 aliphatic carbocycles. The summed E-state index contributed by atoms with van der Waals surface area (Å²) in [6.45, 7) is 4.55. The van der Waals surface area contributed by atoms with Gasteiger partial charge >= 0.3 is 5.97 Å². The SMILES string of the molecule is O=C1CCc2cc(CC(=O)N3CCN(CCc4ccc5c(c4)COC5=O)CC3)ccc21. The number of amides is 1. The normalized spacial score (nSPS) is 18.1. The molecule has 160 valence electrons. The highest BCUT2D eigenvalue weighted by Gasteiger charge is 2.24. The summed E-state index contributed by atoms with van der Waals surface area (Å²) in [5.41, 5.74) is 5.79. The molecule has 0 aromatic heterocycles. The van der Waals surface area contributed by atoms with Gasteiger partial charge in [-0.2, -0.15) is 0 Å². The third-order valence-corrected chi connectivity index (χ3v) is 6.64. The van der Waals surface area contributed by atoms with Gasteiger partial charge in [0.1, 0.15) is 6.61 Å². The predicted molar refractivity (Wildman–Crippen MR) is 115 cm³/mol. The molecule has 6 heteroatoms. The standard InChI is InChI=1S/C25H26N2O4/c28-23-6-3-19-14-18(2-4-21(19)23)15-24(29)27-11-9-26(10-12-27)8-7-17-1-5-22-20(13-17)16-31-25(22)30/h1-2,4-5,13-14H,3,6-12,15-16H2. The highest BCUT2D eigenvalue weighted by atomic mass is 16.5. The second kappa shape index (κ2) is 8.27. The molecule has 31 heavy (non-hydrogen) atoms. The summed E-state index contributed by atoms with van der Waals surface area (Å²) in [5.74, 6) is 0.147. The van der Waals surface area contributed by atoms with Crippen molar-refractivity contribution in [1.82, 2.24) is 9.80 Å². The number of esters is 1. The van der Waals surface area contributed by atoms with E-state index in [2.05, 4.69) is 11.0 Å². The third kappa shape index (κ3) is 4.12. The lowest BCUT2D eigenvalue weighted by Gasteiger charge is -2.35. The first-order valence-corrected chi connectivity index (χ1v) is 11.0. The average Bonchev–Trinajstić information content (AvgIpc) is 3.34. The van der Waals surface area contributed by atoms with E-state index in [1.165, 1.54) is 5.56 Å². The number of hydrogen-bond donors (Lipinski definition) is 0. The van der Waals surface area contributed by atoms with E-state index >= 15 is 0 Å². The maximum absolute atomic E-state index is 12.8. The van der Waals surface area contributed by atoms with Crippen molar-refractivity contribution in [2.24, 2.45) is 0 Å². The zero-order chi connectivity index (χ0) is 21.4. The van der Waals surface area contributed by atoms with Crippen molar-refractivity contribution in [2.45, 2.75) is 32.3 Å². The minimum absolute atomic E-state index is 0.159. The lowest BCUT2D eigenvalue weighted by atomic mass is 10.0. The van der Waals surface area contributed by atoms with Crippen molar-refractivity contribution in [2.75, 3.05) is 32.7 Å². The molecule has 0 radical (unpaired) electrons. The number of carbonyl (C=O) groups is 3. The molecule has 2 heterocycles. The van der Waals surface area contributed by atoms with Crippen LogP contribution in [-0.2, 0) is 35.4 Å². The summed E-state index contributed by atoms with van der Waals surface area (Å²) in [5, 5.41) is 0. The molecular weight excluding hydrogens is 392 g/mol. The number of ether oxygens (including phenoxy) is 1. The van der Waals surface area contributed by atoms with Gasteiger partial charge in [0.05, 0.1) is 12.0 Å². The Hall–Kier alpha value is -2.99. The molecule has 0 saturated carbocycles. The van der Waals surface area contributed by atoms with E-state index < -0.39 is 0 Å². The number of piperazine rings is 1. The van der Waals surface area contributed by atoms with Crippen LogP contribution >= 0.6 is 0 Å². The summed E-state index contributed by atoms with van der Waals surface area (Å²) in [6, 6.07) is 11.8. The molecule has 5 rings (SSSR count). The van der Waals surface area contributed by atoms with Gasteiger partial charge in [0, 0.05) is 50.3 Å². The number of benzene rings is 2. The van der Waals surface area contributed by atoms with E-state index in [-0.39, 0.29) is 17.7 Å². The number of aryl methyl sites for hydroxylation is 1. The van der Waals surface area contributed by atoms with Gasteiger partial charge in [0.2, 0.25) is 5.91 Å². The molecule has 3 aliphatic rings. The summed E-state index contributed by atoms with van der Waals surface area (Å²) >= 11 is 0. The van der Waals surface area contributed by atoms with Crippen LogP contribution in [-0.4, -0.2) is 60.2 Å². The van der Waals surface area contributed by atoms with Gasteiger partial charge in [-0.3, -0.25) is 14.5 Å². The van der Waals surface area contributed by atoms with Crippen LogP contribution in [0.1, 0.15) is 49.4 Å². The third-order valence-electron chi connectivity index (χ3n) is 6.64. The number of hydrogen-bond acceptors (Lipinski definition) is 5. The van der Waals surface area contributed by atoms with Gasteiger partial charge in [0.15, 0.2) is 5.78 Å². The first-order valence-electron chi connectivity index (χ1n) is 11.0. The van der Waals surface area contributed by atoms with Crippen LogP contribution in [0.3, 0.4) is 0 Å². The first-order chi connectivity index (χ1) is 15.1. The second-order valence-corrected chi connectivity index (χ2v) is 8.63. The van der Waals surface area contributed by atoms with E-state index in [4.69, 9.17) is 4.74 Å². The number of rotatable bonds is 5. The number of carbonyl (C=O) groups excluding carboxylic acids is 3. The van der Waals surface area contributed by atoms with Crippen LogP contribution in [0.15, 0.2) is 36.4 Å². The topological polar surface area (TPSA) is 66.9 Å². The molecule has 0 unspecified atom stereocenters. The van der Waals surface area contributed by atoms with Crippen LogP contribution < -0.4 is 0 Å². The predicted octanol–water partition coefficient (Wildman–Crippen LogP) is 2.42. The molecule has 2 aromatic carbocycles. The smallest absolute Gasteiger partial charge is 0.338 e. The summed E-state index contributed by atoms with van der Waals surface area (Å²) in [7, 11) is 0. The Morgan fingerprint density at radius 3 is 2.45 bits per heavy atom. The fourth-order valence-corrected chi connectivity index (χ4v) is 4.76. The summed E-state index contributed by atoms with van der Waals surface area (Å²) in [6.07, 6.45) is 2.70. The van der Waals surface area contributed by atoms with E-state index in [9.17, 15) is 14.4 Å². The van der Waals surface area contributed by atoms with Crippen LogP contribution in [0.4, 0.5) is 0 Å². The van der Waals surface area contributed by atoms with Crippen LogP contribution in [0.25, 0.3) is 0 Å². The number of fused-ring (bicyclic) bond motifs is 2. The molecule has 2 aromatic rings. The Morgan fingerprint density at radius 2 is 1.61 bits per heavy atom. The fourth-order valence-electron chi connectivity index (χ4n) is 4.76. The Bertz CT molecular complexity index is 1050. The molecule has 2 aliphatic heterocycles. The van der Waals surface area contributed by atoms with Gasteiger partial charge in [-0.05, 0) is 35.6 Å². The molecule has 0 atom stereocenters. The van der Waals surface area contributed by atoms with Crippen LogP contribution in [0.5, 0.6) is 0 Å². The van der Waals surface area contributed by atoms with Crippen molar-refractivity contribution < 1.29 is 19.1 Å². The number of cyclic esters (lactones) is 1. The molecule has 1 fully saturated rings. The number of nitrogens with zero attached hydrogens (tertiary/aromatic N) is 2. The van der Waals surface area contributed by atoms with Crippen molar-refractivity contribution in [3.05, 3.63) is 69.8 Å². The maximum Gasteiger partial charge on any atom is 0.338 e. The van der Waals surface area contributed by atoms with E-state index in [1.807, 2.05) is 35.2 Å². The zero-order valence-corrected chi connectivity index (χ0v) is 17.6. The monoisotopic (exact) mass is 418 g/mol. The molecular formula is C25H26N2O4. The summed E-state index contributed by atoms with van der Waals surface area (Å²) in [4.78, 5) is 40.4. The quantitative estimate of drug-likeness (QED) is 0.698. The minimum atomic E-state index is -0.226. The van der Waals surface area contributed by atoms with Crippen molar-refractivity contribution in [1.29, 1.82) is 0 Å². The van der Waals surface area contributed by atoms with Gasteiger partial charge in [-0.15, -0.1) is 0 Å². The molecule has 1 amide bonds. The van der Waals surface area contributed by atoms with Gasteiger partial charge < -0.3 is 9.64 Å². The average molecular weight is 418 g/mol. The van der Waals surface area contributed by atoms with E-state index in [0.717, 1.165) is 67.8 Å². The lowest BCUT2D eigenvalue weighted by Crippen LogP contribution is -2.49. The Kier molecular flexibility index (Phi) is 5.32. The van der Waals surface area contributed by atoms with Crippen LogP contribution in [0.2, 0.25) is 0 Å². The fraction of sp³-hybridized carbons (Fsp3) is 0.400. The van der Waals surface area contributed by atoms with Crippen molar-refractivity contribution >= 4 is 17.7 Å². The van der Waals surface area contributed by atoms with E-state index in [1.54, 1.807) is 0 Å². The zero-order valence-electron chi connectivity index (χ0n) is 17.6. The maximum atomic E-state index is 12.8.